The minimum atomic E-state index is -0.403. The lowest BCUT2D eigenvalue weighted by molar-refractivity contribution is -0.118. The van der Waals surface area contributed by atoms with Crippen LogP contribution >= 0.6 is 0 Å². The van der Waals surface area contributed by atoms with E-state index in [9.17, 15) is 14.4 Å². The van der Waals surface area contributed by atoms with E-state index in [1.54, 1.807) is 54.6 Å². The third kappa shape index (κ3) is 5.52. The van der Waals surface area contributed by atoms with Gasteiger partial charge in [-0.2, -0.15) is 0 Å². The molecule has 146 valence electrons. The second-order valence-corrected chi connectivity index (χ2v) is 6.39. The number of nitrogens with one attached hydrogen (secondary N) is 2. The fraction of sp³-hybridized carbons (Fsp3) is 0.0870. The molecule has 3 aromatic rings. The Kier molecular flexibility index (Phi) is 6.37. The zero-order chi connectivity index (χ0) is 20.6. The van der Waals surface area contributed by atoms with Gasteiger partial charge in [-0.15, -0.1) is 0 Å². The zero-order valence-corrected chi connectivity index (χ0v) is 15.8. The van der Waals surface area contributed by atoms with Gasteiger partial charge in [0.05, 0.1) is 11.3 Å². The molecule has 0 saturated heterocycles. The third-order valence-corrected chi connectivity index (χ3v) is 4.11. The number of rotatable bonds is 7. The van der Waals surface area contributed by atoms with Crippen LogP contribution in [-0.4, -0.2) is 24.7 Å². The molecule has 0 heterocycles. The number of hydrogen-bond acceptors (Lipinski definition) is 4. The molecule has 3 aromatic carbocycles. The van der Waals surface area contributed by atoms with Gasteiger partial charge in [0.2, 0.25) is 0 Å². The molecule has 0 aliphatic carbocycles. The Morgan fingerprint density at radius 3 is 2.41 bits per heavy atom. The van der Waals surface area contributed by atoms with Gasteiger partial charge in [-0.05, 0) is 61.0 Å². The Morgan fingerprint density at radius 1 is 0.931 bits per heavy atom. The number of aldehydes is 1. The number of anilines is 2. The van der Waals surface area contributed by atoms with Gasteiger partial charge >= 0.3 is 0 Å². The smallest absolute Gasteiger partial charge is 0.262 e. The van der Waals surface area contributed by atoms with Crippen molar-refractivity contribution in [3.05, 3.63) is 89.5 Å². The quantitative estimate of drug-likeness (QED) is 0.598. The SMILES string of the molecule is Cc1cccc(NC(=O)c2ccccc2NC(=O)COc2ccc(C=O)cc2)c1. The molecule has 0 saturated carbocycles. The van der Waals surface area contributed by atoms with Gasteiger partial charge < -0.3 is 15.4 Å². The van der Waals surface area contributed by atoms with E-state index in [0.29, 0.717) is 28.3 Å². The van der Waals surface area contributed by atoms with Crippen molar-refractivity contribution in [3.8, 4) is 5.75 Å². The standard InChI is InChI=1S/C23H20N2O4/c1-16-5-4-6-18(13-16)24-23(28)20-7-2-3-8-21(20)25-22(27)15-29-19-11-9-17(14-26)10-12-19/h2-14H,15H2,1H3,(H,24,28)(H,25,27). The van der Waals surface area contributed by atoms with E-state index in [1.807, 2.05) is 25.1 Å². The molecule has 0 fully saturated rings. The molecule has 2 N–H and O–H groups in total. The van der Waals surface area contributed by atoms with Gasteiger partial charge in [0, 0.05) is 11.3 Å². The highest BCUT2D eigenvalue weighted by Gasteiger charge is 2.14. The van der Waals surface area contributed by atoms with Crippen LogP contribution < -0.4 is 15.4 Å². The number of carbonyl (C=O) groups excluding carboxylic acids is 3. The highest BCUT2D eigenvalue weighted by atomic mass is 16.5. The second-order valence-electron chi connectivity index (χ2n) is 6.39. The van der Waals surface area contributed by atoms with Crippen molar-refractivity contribution in [1.29, 1.82) is 0 Å². The molecule has 2 amide bonds. The summed E-state index contributed by atoms with van der Waals surface area (Å²) in [6.07, 6.45) is 0.731. The molecular weight excluding hydrogens is 368 g/mol. The first-order chi connectivity index (χ1) is 14.0. The number of hydrogen-bond donors (Lipinski definition) is 2. The maximum absolute atomic E-state index is 12.6. The van der Waals surface area contributed by atoms with Gasteiger partial charge in [-0.1, -0.05) is 24.3 Å². The highest BCUT2D eigenvalue weighted by molar-refractivity contribution is 6.10. The summed E-state index contributed by atoms with van der Waals surface area (Å²) >= 11 is 0. The summed E-state index contributed by atoms with van der Waals surface area (Å²) in [5.74, 6) is -0.256. The summed E-state index contributed by atoms with van der Waals surface area (Å²) in [6.45, 7) is 1.71. The number of aryl methyl sites for hydroxylation is 1. The highest BCUT2D eigenvalue weighted by Crippen LogP contribution is 2.18. The lowest BCUT2D eigenvalue weighted by Crippen LogP contribution is -2.22. The monoisotopic (exact) mass is 388 g/mol. The Hall–Kier alpha value is -3.93. The number of carbonyl (C=O) groups is 3. The van der Waals surface area contributed by atoms with Gasteiger partial charge in [0.25, 0.3) is 11.8 Å². The van der Waals surface area contributed by atoms with Crippen molar-refractivity contribution in [2.24, 2.45) is 0 Å². The summed E-state index contributed by atoms with van der Waals surface area (Å²) in [5.41, 5.74) is 2.97. The van der Waals surface area contributed by atoms with Crippen LogP contribution in [0.5, 0.6) is 5.75 Å². The average molecular weight is 388 g/mol. The molecule has 3 rings (SSSR count). The Labute approximate surface area is 168 Å². The van der Waals surface area contributed by atoms with E-state index >= 15 is 0 Å². The molecule has 0 aliphatic heterocycles. The Bertz CT molecular complexity index is 1030. The summed E-state index contributed by atoms with van der Waals surface area (Å²) in [5, 5.41) is 5.53. The molecule has 6 nitrogen and oxygen atoms in total. The molecule has 0 bridgehead atoms. The number of benzene rings is 3. The van der Waals surface area contributed by atoms with Crippen LogP contribution in [-0.2, 0) is 4.79 Å². The van der Waals surface area contributed by atoms with Crippen molar-refractivity contribution in [3.63, 3.8) is 0 Å². The van der Waals surface area contributed by atoms with Crippen LogP contribution in [0.3, 0.4) is 0 Å². The Balaban J connectivity index is 1.63. The summed E-state index contributed by atoms with van der Waals surface area (Å²) < 4.78 is 5.42. The topological polar surface area (TPSA) is 84.5 Å². The van der Waals surface area contributed by atoms with Gasteiger partial charge in [0.15, 0.2) is 6.61 Å². The molecule has 6 heteroatoms. The van der Waals surface area contributed by atoms with E-state index in [2.05, 4.69) is 10.6 Å². The van der Waals surface area contributed by atoms with Gasteiger partial charge in [-0.3, -0.25) is 14.4 Å². The predicted molar refractivity (Wildman–Crippen MR) is 112 cm³/mol. The second kappa shape index (κ2) is 9.32. The molecule has 0 aromatic heterocycles. The normalized spacial score (nSPS) is 10.1. The third-order valence-electron chi connectivity index (χ3n) is 4.11. The van der Waals surface area contributed by atoms with E-state index in [0.717, 1.165) is 11.8 Å². The fourth-order valence-electron chi connectivity index (χ4n) is 2.69. The van der Waals surface area contributed by atoms with Crippen LogP contribution in [0.25, 0.3) is 0 Å². The van der Waals surface area contributed by atoms with Crippen LogP contribution in [0.1, 0.15) is 26.3 Å². The molecule has 0 radical (unpaired) electrons. The maximum Gasteiger partial charge on any atom is 0.262 e. The van der Waals surface area contributed by atoms with Gasteiger partial charge in [0.1, 0.15) is 12.0 Å². The lowest BCUT2D eigenvalue weighted by Gasteiger charge is -2.12. The van der Waals surface area contributed by atoms with Crippen LogP contribution in [0, 0.1) is 6.92 Å². The average Bonchev–Trinajstić information content (AvgIpc) is 2.73. The van der Waals surface area contributed by atoms with Crippen molar-refractivity contribution in [1.82, 2.24) is 0 Å². The minimum absolute atomic E-state index is 0.228. The molecule has 29 heavy (non-hydrogen) atoms. The van der Waals surface area contributed by atoms with Gasteiger partial charge in [-0.25, -0.2) is 0 Å². The summed E-state index contributed by atoms with van der Waals surface area (Å²) in [7, 11) is 0. The number of para-hydroxylation sites is 1. The first-order valence-electron chi connectivity index (χ1n) is 9.00. The maximum atomic E-state index is 12.6. The minimum Gasteiger partial charge on any atom is -0.484 e. The van der Waals surface area contributed by atoms with E-state index < -0.39 is 5.91 Å². The molecule has 0 unspecified atom stereocenters. The summed E-state index contributed by atoms with van der Waals surface area (Å²) in [6, 6.07) is 20.6. The Morgan fingerprint density at radius 2 is 1.69 bits per heavy atom. The van der Waals surface area contributed by atoms with E-state index in [1.165, 1.54) is 0 Å². The van der Waals surface area contributed by atoms with Crippen molar-refractivity contribution in [2.75, 3.05) is 17.2 Å². The molecule has 0 spiro atoms. The molecule has 0 atom stereocenters. The first-order valence-corrected chi connectivity index (χ1v) is 9.00. The van der Waals surface area contributed by atoms with Crippen LogP contribution in [0.2, 0.25) is 0 Å². The van der Waals surface area contributed by atoms with Crippen molar-refractivity contribution >= 4 is 29.5 Å². The zero-order valence-electron chi connectivity index (χ0n) is 15.8. The fourth-order valence-corrected chi connectivity index (χ4v) is 2.69. The van der Waals surface area contributed by atoms with E-state index in [4.69, 9.17) is 4.74 Å². The van der Waals surface area contributed by atoms with Crippen LogP contribution in [0.15, 0.2) is 72.8 Å². The first kappa shape index (κ1) is 19.8. The number of ether oxygens (including phenoxy) is 1. The lowest BCUT2D eigenvalue weighted by atomic mass is 10.1. The van der Waals surface area contributed by atoms with E-state index in [-0.39, 0.29) is 12.5 Å². The van der Waals surface area contributed by atoms with Crippen molar-refractivity contribution < 1.29 is 19.1 Å². The molecular formula is C23H20N2O4. The molecule has 0 aliphatic rings. The van der Waals surface area contributed by atoms with Crippen molar-refractivity contribution in [2.45, 2.75) is 6.92 Å². The summed E-state index contributed by atoms with van der Waals surface area (Å²) in [4.78, 5) is 35.6. The largest absolute Gasteiger partial charge is 0.484 e. The number of amides is 2. The van der Waals surface area contributed by atoms with Crippen LogP contribution in [0.4, 0.5) is 11.4 Å². The predicted octanol–water partition coefficient (Wildman–Crippen LogP) is 4.08.